The Hall–Kier alpha value is -3.39. The van der Waals surface area contributed by atoms with E-state index in [4.69, 9.17) is 14.9 Å². The third-order valence-electron chi connectivity index (χ3n) is 4.33. The summed E-state index contributed by atoms with van der Waals surface area (Å²) in [5.74, 6) is -2.69. The van der Waals surface area contributed by atoms with Gasteiger partial charge in [-0.15, -0.1) is 0 Å². The fourth-order valence-electron chi connectivity index (χ4n) is 3.06. The van der Waals surface area contributed by atoms with Crippen molar-refractivity contribution >= 4 is 18.0 Å². The SMILES string of the molecule is O=C(O)CC(NNC(=O)OCc1cccc2c1Cc1ccccc1-2)C(=O)O. The number of carbonyl (C=O) groups excluding carboxylic acids is 1. The van der Waals surface area contributed by atoms with Crippen LogP contribution in [0.5, 0.6) is 0 Å². The summed E-state index contributed by atoms with van der Waals surface area (Å²) in [6.45, 7) is 0.0152. The highest BCUT2D eigenvalue weighted by Crippen LogP contribution is 2.38. The first-order chi connectivity index (χ1) is 13.0. The van der Waals surface area contributed by atoms with E-state index in [-0.39, 0.29) is 6.61 Å². The highest BCUT2D eigenvalue weighted by Gasteiger charge is 2.23. The van der Waals surface area contributed by atoms with Gasteiger partial charge >= 0.3 is 18.0 Å². The van der Waals surface area contributed by atoms with Gasteiger partial charge in [0.25, 0.3) is 0 Å². The van der Waals surface area contributed by atoms with E-state index in [9.17, 15) is 14.4 Å². The second-order valence-electron chi connectivity index (χ2n) is 6.11. The number of aliphatic carboxylic acids is 2. The molecule has 140 valence electrons. The maximum Gasteiger partial charge on any atom is 0.421 e. The third kappa shape index (κ3) is 4.24. The lowest BCUT2D eigenvalue weighted by Crippen LogP contribution is -2.49. The van der Waals surface area contributed by atoms with Crippen LogP contribution in [0.2, 0.25) is 0 Å². The van der Waals surface area contributed by atoms with Gasteiger partial charge in [-0.2, -0.15) is 0 Å². The minimum Gasteiger partial charge on any atom is -0.481 e. The summed E-state index contributed by atoms with van der Waals surface area (Å²) in [6.07, 6.45) is -0.815. The number of carbonyl (C=O) groups is 3. The number of carboxylic acids is 2. The van der Waals surface area contributed by atoms with Gasteiger partial charge < -0.3 is 14.9 Å². The lowest BCUT2D eigenvalue weighted by molar-refractivity contribution is -0.146. The highest BCUT2D eigenvalue weighted by atomic mass is 16.6. The smallest absolute Gasteiger partial charge is 0.421 e. The van der Waals surface area contributed by atoms with Crippen LogP contribution in [0.25, 0.3) is 11.1 Å². The average molecular weight is 370 g/mol. The fourth-order valence-corrected chi connectivity index (χ4v) is 3.06. The molecule has 1 unspecified atom stereocenters. The molecule has 0 aromatic heterocycles. The Morgan fingerprint density at radius 2 is 1.78 bits per heavy atom. The van der Waals surface area contributed by atoms with Crippen LogP contribution in [0.3, 0.4) is 0 Å². The second-order valence-corrected chi connectivity index (χ2v) is 6.11. The third-order valence-corrected chi connectivity index (χ3v) is 4.33. The van der Waals surface area contributed by atoms with Crippen LogP contribution in [0, 0.1) is 0 Å². The second kappa shape index (κ2) is 7.88. The molecule has 1 aliphatic rings. The molecule has 2 aromatic carbocycles. The summed E-state index contributed by atoms with van der Waals surface area (Å²) in [6, 6.07) is 12.4. The number of hydrogen-bond acceptors (Lipinski definition) is 5. The number of hydrazine groups is 1. The quantitative estimate of drug-likeness (QED) is 0.468. The largest absolute Gasteiger partial charge is 0.481 e. The van der Waals surface area contributed by atoms with Crippen molar-refractivity contribution in [2.45, 2.75) is 25.5 Å². The van der Waals surface area contributed by atoms with E-state index in [1.807, 2.05) is 30.3 Å². The molecule has 0 spiro atoms. The van der Waals surface area contributed by atoms with E-state index < -0.39 is 30.5 Å². The minimum absolute atomic E-state index is 0.0152. The van der Waals surface area contributed by atoms with Crippen LogP contribution in [-0.4, -0.2) is 34.3 Å². The predicted molar refractivity (Wildman–Crippen MR) is 94.8 cm³/mol. The zero-order valence-electron chi connectivity index (χ0n) is 14.3. The molecule has 3 rings (SSSR count). The van der Waals surface area contributed by atoms with Gasteiger partial charge in [0.1, 0.15) is 12.6 Å². The molecule has 1 atom stereocenters. The number of rotatable bonds is 7. The van der Waals surface area contributed by atoms with Crippen molar-refractivity contribution in [3.8, 4) is 11.1 Å². The predicted octanol–water partition coefficient (Wildman–Crippen LogP) is 1.92. The van der Waals surface area contributed by atoms with E-state index >= 15 is 0 Å². The molecule has 0 saturated carbocycles. The summed E-state index contributed by atoms with van der Waals surface area (Å²) in [7, 11) is 0. The van der Waals surface area contributed by atoms with Gasteiger partial charge in [-0.25, -0.2) is 10.2 Å². The Morgan fingerprint density at radius 1 is 1.04 bits per heavy atom. The molecule has 8 nitrogen and oxygen atoms in total. The number of fused-ring (bicyclic) bond motifs is 3. The Kier molecular flexibility index (Phi) is 5.37. The molecule has 1 aliphatic carbocycles. The van der Waals surface area contributed by atoms with E-state index in [1.54, 1.807) is 0 Å². The van der Waals surface area contributed by atoms with Crippen LogP contribution >= 0.6 is 0 Å². The van der Waals surface area contributed by atoms with Crippen molar-refractivity contribution in [3.63, 3.8) is 0 Å². The van der Waals surface area contributed by atoms with Crippen LogP contribution in [0.4, 0.5) is 4.79 Å². The zero-order chi connectivity index (χ0) is 19.4. The molecule has 0 radical (unpaired) electrons. The molecule has 2 aromatic rings. The number of ether oxygens (including phenoxy) is 1. The Bertz CT molecular complexity index is 896. The van der Waals surface area contributed by atoms with Crippen molar-refractivity contribution in [2.75, 3.05) is 0 Å². The summed E-state index contributed by atoms with van der Waals surface area (Å²) in [4.78, 5) is 33.4. The summed E-state index contributed by atoms with van der Waals surface area (Å²) in [5.41, 5.74) is 9.66. The van der Waals surface area contributed by atoms with Gasteiger partial charge in [0, 0.05) is 0 Å². The molecule has 4 N–H and O–H groups in total. The maximum atomic E-state index is 11.8. The first-order valence-electron chi connectivity index (χ1n) is 8.27. The Labute approximate surface area is 154 Å². The Balaban J connectivity index is 1.59. The molecule has 27 heavy (non-hydrogen) atoms. The topological polar surface area (TPSA) is 125 Å². The molecular weight excluding hydrogens is 352 g/mol. The first kappa shape index (κ1) is 18.4. The zero-order valence-corrected chi connectivity index (χ0v) is 14.3. The van der Waals surface area contributed by atoms with E-state index in [0.29, 0.717) is 0 Å². The molecule has 0 fully saturated rings. The molecule has 1 amide bonds. The minimum atomic E-state index is -1.45. The van der Waals surface area contributed by atoms with Crippen LogP contribution in [0.1, 0.15) is 23.1 Å². The average Bonchev–Trinajstić information content (AvgIpc) is 3.02. The highest BCUT2D eigenvalue weighted by molar-refractivity contribution is 5.81. The molecule has 0 aliphatic heterocycles. The molecule has 0 bridgehead atoms. The van der Waals surface area contributed by atoms with Gasteiger partial charge in [-0.1, -0.05) is 42.5 Å². The van der Waals surface area contributed by atoms with Gasteiger partial charge in [0.2, 0.25) is 0 Å². The van der Waals surface area contributed by atoms with Crippen molar-refractivity contribution in [3.05, 3.63) is 59.2 Å². The molecule has 8 heteroatoms. The van der Waals surface area contributed by atoms with Gasteiger partial charge in [-0.05, 0) is 34.2 Å². The summed E-state index contributed by atoms with van der Waals surface area (Å²) in [5, 5.41) is 17.6. The lowest BCUT2D eigenvalue weighted by Gasteiger charge is -2.14. The van der Waals surface area contributed by atoms with Crippen molar-refractivity contribution in [1.82, 2.24) is 10.9 Å². The maximum absolute atomic E-state index is 11.8. The van der Waals surface area contributed by atoms with Gasteiger partial charge in [-0.3, -0.25) is 15.0 Å². The number of amides is 1. The van der Waals surface area contributed by atoms with E-state index in [0.717, 1.165) is 23.1 Å². The van der Waals surface area contributed by atoms with Crippen molar-refractivity contribution in [2.24, 2.45) is 0 Å². The molecular formula is C19H18N2O6. The number of benzene rings is 2. The van der Waals surface area contributed by atoms with Crippen molar-refractivity contribution < 1.29 is 29.3 Å². The molecule has 0 heterocycles. The summed E-state index contributed by atoms with van der Waals surface area (Å²) >= 11 is 0. The van der Waals surface area contributed by atoms with Gasteiger partial charge in [0.05, 0.1) is 6.42 Å². The first-order valence-corrected chi connectivity index (χ1v) is 8.27. The standard InChI is InChI=1S/C19H18N2O6/c22-17(23)9-16(18(24)25)20-21-19(26)27-10-12-5-3-7-14-13-6-2-1-4-11(13)8-15(12)14/h1-7,16,20H,8-10H2,(H,21,26)(H,22,23)(H,24,25). The Morgan fingerprint density at radius 3 is 2.52 bits per heavy atom. The van der Waals surface area contributed by atoms with Crippen LogP contribution in [-0.2, 0) is 27.4 Å². The number of hydrogen-bond donors (Lipinski definition) is 4. The molecule has 0 saturated heterocycles. The normalized spacial score (nSPS) is 12.6. The van der Waals surface area contributed by atoms with E-state index in [2.05, 4.69) is 23.0 Å². The fraction of sp³-hybridized carbons (Fsp3) is 0.211. The summed E-state index contributed by atoms with van der Waals surface area (Å²) < 4.78 is 5.13. The number of nitrogens with one attached hydrogen (secondary N) is 2. The van der Waals surface area contributed by atoms with Crippen molar-refractivity contribution in [1.29, 1.82) is 0 Å². The van der Waals surface area contributed by atoms with Crippen LogP contribution < -0.4 is 10.9 Å². The van der Waals surface area contributed by atoms with Crippen LogP contribution in [0.15, 0.2) is 42.5 Å². The number of carboxylic acid groups (broad SMARTS) is 2. The lowest BCUT2D eigenvalue weighted by atomic mass is 10.0. The van der Waals surface area contributed by atoms with Gasteiger partial charge in [0.15, 0.2) is 0 Å². The van der Waals surface area contributed by atoms with E-state index in [1.165, 1.54) is 11.1 Å². The monoisotopic (exact) mass is 370 g/mol.